The van der Waals surface area contributed by atoms with E-state index in [1.165, 1.54) is 24.3 Å². The predicted octanol–water partition coefficient (Wildman–Crippen LogP) is 3.39. The van der Waals surface area contributed by atoms with E-state index in [4.69, 9.17) is 0 Å². The molecule has 0 aliphatic carbocycles. The van der Waals surface area contributed by atoms with Crippen LogP contribution in [0.1, 0.15) is 54.6 Å². The van der Waals surface area contributed by atoms with Gasteiger partial charge in [0.2, 0.25) is 5.91 Å². The van der Waals surface area contributed by atoms with Crippen molar-refractivity contribution >= 4 is 11.8 Å². The lowest BCUT2D eigenvalue weighted by Gasteiger charge is -2.19. The predicted molar refractivity (Wildman–Crippen MR) is 98.0 cm³/mol. The molecule has 6 heteroatoms. The van der Waals surface area contributed by atoms with Crippen molar-refractivity contribution in [3.63, 3.8) is 0 Å². The molecule has 26 heavy (non-hydrogen) atoms. The molecule has 2 aromatic rings. The zero-order chi connectivity index (χ0) is 18.8. The number of nitrogens with zero attached hydrogens (tertiary/aromatic N) is 1. The molecule has 0 saturated heterocycles. The number of pyridine rings is 1. The summed E-state index contributed by atoms with van der Waals surface area (Å²) >= 11 is 0. The van der Waals surface area contributed by atoms with Gasteiger partial charge < -0.3 is 10.6 Å². The first-order chi connectivity index (χ1) is 12.6. The zero-order valence-electron chi connectivity index (χ0n) is 14.9. The number of unbranched alkanes of at least 4 members (excludes halogenated alkanes) is 1. The molecule has 2 amide bonds. The average molecular weight is 357 g/mol. The van der Waals surface area contributed by atoms with Crippen LogP contribution in [-0.2, 0) is 4.79 Å². The van der Waals surface area contributed by atoms with Crippen LogP contribution in [0.2, 0.25) is 0 Å². The molecule has 0 bridgehead atoms. The Morgan fingerprint density at radius 2 is 1.96 bits per heavy atom. The van der Waals surface area contributed by atoms with Crippen LogP contribution in [-0.4, -0.2) is 23.3 Å². The van der Waals surface area contributed by atoms with Gasteiger partial charge in [-0.2, -0.15) is 0 Å². The third-order valence-electron chi connectivity index (χ3n) is 4.01. The van der Waals surface area contributed by atoms with Gasteiger partial charge in [0, 0.05) is 30.9 Å². The molecular weight excluding hydrogens is 333 g/mol. The number of carbonyl (C=O) groups excluding carboxylic acids is 2. The molecule has 5 nitrogen and oxygen atoms in total. The van der Waals surface area contributed by atoms with Gasteiger partial charge >= 0.3 is 0 Å². The van der Waals surface area contributed by atoms with Crippen molar-refractivity contribution in [3.05, 3.63) is 65.7 Å². The van der Waals surface area contributed by atoms with Crippen molar-refractivity contribution in [1.82, 2.24) is 15.6 Å². The van der Waals surface area contributed by atoms with Gasteiger partial charge in [0.15, 0.2) is 0 Å². The fourth-order valence-electron chi connectivity index (χ4n) is 2.57. The van der Waals surface area contributed by atoms with Crippen LogP contribution in [0.25, 0.3) is 0 Å². The lowest BCUT2D eigenvalue weighted by Crippen LogP contribution is -2.33. The number of hydrogen-bond acceptors (Lipinski definition) is 3. The summed E-state index contributed by atoms with van der Waals surface area (Å²) in [4.78, 5) is 28.3. The maximum atomic E-state index is 12.9. The Morgan fingerprint density at radius 3 is 2.62 bits per heavy atom. The Morgan fingerprint density at radius 1 is 1.19 bits per heavy atom. The number of aromatic nitrogens is 1. The Labute approximate surface area is 153 Å². The fraction of sp³-hybridized carbons (Fsp3) is 0.350. The number of amides is 2. The smallest absolute Gasteiger partial charge is 0.251 e. The lowest BCUT2D eigenvalue weighted by atomic mass is 10.0. The topological polar surface area (TPSA) is 71.1 Å². The van der Waals surface area contributed by atoms with Gasteiger partial charge in [0.1, 0.15) is 5.82 Å². The second kappa shape index (κ2) is 10.3. The molecule has 0 fully saturated rings. The number of hydrogen-bond donors (Lipinski definition) is 2. The molecule has 0 aliphatic rings. The number of carbonyl (C=O) groups is 2. The molecule has 0 radical (unpaired) electrons. The first kappa shape index (κ1) is 19.6. The molecule has 2 rings (SSSR count). The lowest BCUT2D eigenvalue weighted by molar-refractivity contribution is -0.121. The standard InChI is InChI=1S/C20H24FN3O2/c1-2-3-6-18(16-5-4-12-22-14-16)24-19(25)11-13-23-20(26)15-7-9-17(21)10-8-15/h4-5,7-10,12,14,18H,2-3,6,11,13H2,1H3,(H,23,26)(H,24,25)/t18-/m0/s1. The van der Waals surface area contributed by atoms with Gasteiger partial charge in [-0.25, -0.2) is 4.39 Å². The van der Waals surface area contributed by atoms with Crippen LogP contribution >= 0.6 is 0 Å². The molecule has 138 valence electrons. The largest absolute Gasteiger partial charge is 0.352 e. The van der Waals surface area contributed by atoms with Gasteiger partial charge in [-0.3, -0.25) is 14.6 Å². The highest BCUT2D eigenvalue weighted by Gasteiger charge is 2.14. The van der Waals surface area contributed by atoms with Crippen molar-refractivity contribution < 1.29 is 14.0 Å². The fourth-order valence-corrected chi connectivity index (χ4v) is 2.57. The second-order valence-corrected chi connectivity index (χ2v) is 6.06. The molecule has 1 aromatic carbocycles. The van der Waals surface area contributed by atoms with E-state index in [1.807, 2.05) is 12.1 Å². The highest BCUT2D eigenvalue weighted by molar-refractivity contribution is 5.94. The first-order valence-corrected chi connectivity index (χ1v) is 8.83. The third kappa shape index (κ3) is 6.27. The van der Waals surface area contributed by atoms with E-state index in [1.54, 1.807) is 12.4 Å². The van der Waals surface area contributed by atoms with Crippen molar-refractivity contribution in [2.24, 2.45) is 0 Å². The van der Waals surface area contributed by atoms with E-state index >= 15 is 0 Å². The van der Waals surface area contributed by atoms with Crippen molar-refractivity contribution in [2.75, 3.05) is 6.54 Å². The van der Waals surface area contributed by atoms with Crippen LogP contribution in [0.4, 0.5) is 4.39 Å². The highest BCUT2D eigenvalue weighted by Crippen LogP contribution is 2.18. The molecule has 1 atom stereocenters. The first-order valence-electron chi connectivity index (χ1n) is 8.83. The van der Waals surface area contributed by atoms with Crippen LogP contribution in [0.5, 0.6) is 0 Å². The molecule has 0 saturated carbocycles. The summed E-state index contributed by atoms with van der Waals surface area (Å²) in [5.41, 5.74) is 1.34. The van der Waals surface area contributed by atoms with E-state index in [0.717, 1.165) is 24.8 Å². The summed E-state index contributed by atoms with van der Waals surface area (Å²) in [5.74, 6) is -0.851. The Bertz CT molecular complexity index is 705. The number of halogens is 1. The van der Waals surface area contributed by atoms with E-state index in [-0.39, 0.29) is 30.8 Å². The SMILES string of the molecule is CCCC[C@H](NC(=O)CCNC(=O)c1ccc(F)cc1)c1cccnc1. The number of rotatable bonds is 9. The minimum absolute atomic E-state index is 0.0797. The second-order valence-electron chi connectivity index (χ2n) is 6.06. The van der Waals surface area contributed by atoms with Gasteiger partial charge in [0.25, 0.3) is 5.91 Å². The van der Waals surface area contributed by atoms with E-state index < -0.39 is 5.82 Å². The highest BCUT2D eigenvalue weighted by atomic mass is 19.1. The number of nitrogens with one attached hydrogen (secondary N) is 2. The summed E-state index contributed by atoms with van der Waals surface area (Å²) in [6.45, 7) is 2.32. The van der Waals surface area contributed by atoms with E-state index in [2.05, 4.69) is 22.5 Å². The molecule has 0 spiro atoms. The van der Waals surface area contributed by atoms with Crippen LogP contribution in [0, 0.1) is 5.82 Å². The van der Waals surface area contributed by atoms with Gasteiger partial charge in [-0.05, 0) is 42.3 Å². The van der Waals surface area contributed by atoms with Crippen molar-refractivity contribution in [1.29, 1.82) is 0 Å². The van der Waals surface area contributed by atoms with E-state index in [9.17, 15) is 14.0 Å². The van der Waals surface area contributed by atoms with Crippen LogP contribution in [0.15, 0.2) is 48.8 Å². The maximum absolute atomic E-state index is 12.9. The molecule has 2 N–H and O–H groups in total. The quantitative estimate of drug-likeness (QED) is 0.723. The monoisotopic (exact) mass is 357 g/mol. The Hall–Kier alpha value is -2.76. The summed E-state index contributed by atoms with van der Waals surface area (Å²) < 4.78 is 12.9. The molecule has 1 heterocycles. The summed E-state index contributed by atoms with van der Waals surface area (Å²) in [7, 11) is 0. The minimum atomic E-state index is -0.394. The normalized spacial score (nSPS) is 11.6. The molecule has 0 aliphatic heterocycles. The van der Waals surface area contributed by atoms with Crippen molar-refractivity contribution in [2.45, 2.75) is 38.6 Å². The summed E-state index contributed by atoms with van der Waals surface area (Å²) in [6, 6.07) is 9.00. The van der Waals surface area contributed by atoms with Gasteiger partial charge in [-0.15, -0.1) is 0 Å². The Kier molecular flexibility index (Phi) is 7.74. The molecule has 1 aromatic heterocycles. The van der Waals surface area contributed by atoms with Crippen LogP contribution < -0.4 is 10.6 Å². The van der Waals surface area contributed by atoms with Gasteiger partial charge in [0.05, 0.1) is 6.04 Å². The molecule has 0 unspecified atom stereocenters. The van der Waals surface area contributed by atoms with Crippen molar-refractivity contribution in [3.8, 4) is 0 Å². The van der Waals surface area contributed by atoms with E-state index in [0.29, 0.717) is 5.56 Å². The minimum Gasteiger partial charge on any atom is -0.352 e. The van der Waals surface area contributed by atoms with Crippen LogP contribution in [0.3, 0.4) is 0 Å². The maximum Gasteiger partial charge on any atom is 0.251 e. The average Bonchev–Trinajstić information content (AvgIpc) is 2.66. The Balaban J connectivity index is 1.82. The van der Waals surface area contributed by atoms with Gasteiger partial charge in [-0.1, -0.05) is 25.8 Å². The summed E-state index contributed by atoms with van der Waals surface area (Å²) in [5, 5.41) is 5.68. The summed E-state index contributed by atoms with van der Waals surface area (Å²) in [6.07, 6.45) is 6.53. The molecular formula is C20H24FN3O2. The zero-order valence-corrected chi connectivity index (χ0v) is 14.9. The number of benzene rings is 1. The third-order valence-corrected chi connectivity index (χ3v) is 4.01.